The number of rotatable bonds is 6. The predicted octanol–water partition coefficient (Wildman–Crippen LogP) is 4.50. The van der Waals surface area contributed by atoms with E-state index in [2.05, 4.69) is 15.5 Å². The van der Waals surface area contributed by atoms with Crippen LogP contribution < -0.4 is 5.32 Å². The van der Waals surface area contributed by atoms with Gasteiger partial charge >= 0.3 is 5.82 Å². The predicted molar refractivity (Wildman–Crippen MR) is 110 cm³/mol. The van der Waals surface area contributed by atoms with Crippen molar-refractivity contribution in [3.05, 3.63) is 66.9 Å². The van der Waals surface area contributed by atoms with E-state index in [9.17, 15) is 14.9 Å². The number of anilines is 1. The lowest BCUT2D eigenvalue weighted by atomic mass is 10.2. The van der Waals surface area contributed by atoms with Crippen molar-refractivity contribution >= 4 is 52.3 Å². The van der Waals surface area contributed by atoms with E-state index in [0.717, 1.165) is 5.56 Å². The van der Waals surface area contributed by atoms with Gasteiger partial charge in [0, 0.05) is 6.20 Å². The maximum absolute atomic E-state index is 12.6. The molecule has 0 radical (unpaired) electrons. The van der Waals surface area contributed by atoms with E-state index in [1.54, 1.807) is 42.9 Å². The summed E-state index contributed by atoms with van der Waals surface area (Å²) in [5.74, 6) is -0.623. The number of carbonyl (C=O) groups excluding carboxylic acids is 1. The molecule has 29 heavy (non-hydrogen) atoms. The number of hydrogen-bond acceptors (Lipinski definition) is 5. The zero-order valence-corrected chi connectivity index (χ0v) is 17.5. The number of amides is 1. The monoisotopic (exact) mass is 456 g/mol. The molecule has 1 aromatic carbocycles. The fourth-order valence-electron chi connectivity index (χ4n) is 2.67. The number of aromatic nitrogens is 4. The molecule has 0 aliphatic rings. The molecule has 2 heterocycles. The Morgan fingerprint density at radius 2 is 1.93 bits per heavy atom. The molecule has 0 bridgehead atoms. The first-order valence-electron chi connectivity index (χ1n) is 8.34. The van der Waals surface area contributed by atoms with E-state index in [-0.39, 0.29) is 16.7 Å². The van der Waals surface area contributed by atoms with Gasteiger partial charge in [-0.25, -0.2) is 0 Å². The SMILES string of the molecule is Cc1cc([N+](=O)[O-])nn1C(C)C(=O)Nc1nn(Cc2ccc(Cl)c(Cl)c2)cc1Cl. The van der Waals surface area contributed by atoms with Crippen LogP contribution in [-0.4, -0.2) is 30.4 Å². The van der Waals surface area contributed by atoms with E-state index in [1.165, 1.54) is 10.7 Å². The van der Waals surface area contributed by atoms with Crippen LogP contribution in [0.1, 0.15) is 24.2 Å². The third kappa shape index (κ3) is 4.69. The molecule has 3 aromatic rings. The van der Waals surface area contributed by atoms with Gasteiger partial charge < -0.3 is 15.4 Å². The van der Waals surface area contributed by atoms with E-state index in [4.69, 9.17) is 34.8 Å². The standard InChI is InChI=1S/C17H15Cl3N6O3/c1-9-5-15(26(28)29)22-25(9)10(2)17(27)21-16-14(20)8-24(23-16)7-11-3-4-12(18)13(19)6-11/h3-6,8,10H,7H2,1-2H3,(H,21,23,27). The molecule has 0 spiro atoms. The minimum atomic E-state index is -0.806. The van der Waals surface area contributed by atoms with Gasteiger partial charge in [0.1, 0.15) is 11.1 Å². The Morgan fingerprint density at radius 3 is 2.55 bits per heavy atom. The Bertz CT molecular complexity index is 1090. The van der Waals surface area contributed by atoms with Crippen LogP contribution >= 0.6 is 34.8 Å². The molecule has 152 valence electrons. The van der Waals surface area contributed by atoms with Gasteiger partial charge in [-0.3, -0.25) is 9.48 Å². The lowest BCUT2D eigenvalue weighted by molar-refractivity contribution is -0.389. The van der Waals surface area contributed by atoms with Gasteiger partial charge in [0.05, 0.1) is 33.4 Å². The van der Waals surface area contributed by atoms with Crippen molar-refractivity contribution in [1.82, 2.24) is 19.6 Å². The van der Waals surface area contributed by atoms with E-state index in [0.29, 0.717) is 22.3 Å². The smallest absolute Gasteiger partial charge is 0.358 e. The molecule has 3 rings (SSSR count). The number of hydrogen-bond donors (Lipinski definition) is 1. The normalized spacial score (nSPS) is 12.0. The Hall–Kier alpha value is -2.62. The van der Waals surface area contributed by atoms with Crippen LogP contribution in [0.5, 0.6) is 0 Å². The van der Waals surface area contributed by atoms with Crippen molar-refractivity contribution in [2.24, 2.45) is 0 Å². The average Bonchev–Trinajstić information content (AvgIpc) is 3.20. The van der Waals surface area contributed by atoms with Crippen molar-refractivity contribution < 1.29 is 9.72 Å². The zero-order chi connectivity index (χ0) is 21.3. The Morgan fingerprint density at radius 1 is 1.21 bits per heavy atom. The summed E-state index contributed by atoms with van der Waals surface area (Å²) < 4.78 is 2.82. The first kappa shape index (κ1) is 21.1. The molecule has 0 aliphatic carbocycles. The van der Waals surface area contributed by atoms with Gasteiger partial charge in [-0.1, -0.05) is 40.9 Å². The quantitative estimate of drug-likeness (QED) is 0.433. The second-order valence-corrected chi connectivity index (χ2v) is 7.50. The summed E-state index contributed by atoms with van der Waals surface area (Å²) in [6.07, 6.45) is 1.56. The second-order valence-electron chi connectivity index (χ2n) is 6.28. The van der Waals surface area contributed by atoms with E-state index in [1.807, 2.05) is 0 Å². The van der Waals surface area contributed by atoms with Crippen LogP contribution in [0, 0.1) is 17.0 Å². The topological polar surface area (TPSA) is 108 Å². The van der Waals surface area contributed by atoms with Crippen LogP contribution in [0.3, 0.4) is 0 Å². The van der Waals surface area contributed by atoms with E-state index >= 15 is 0 Å². The highest BCUT2D eigenvalue weighted by Crippen LogP contribution is 2.25. The van der Waals surface area contributed by atoms with Gasteiger partial charge in [-0.2, -0.15) is 9.78 Å². The summed E-state index contributed by atoms with van der Waals surface area (Å²) >= 11 is 18.1. The summed E-state index contributed by atoms with van der Waals surface area (Å²) in [5, 5.41) is 22.7. The molecule has 9 nitrogen and oxygen atoms in total. The molecule has 1 unspecified atom stereocenters. The first-order valence-corrected chi connectivity index (χ1v) is 9.47. The van der Waals surface area contributed by atoms with Crippen LogP contribution in [-0.2, 0) is 11.3 Å². The van der Waals surface area contributed by atoms with Crippen molar-refractivity contribution in [2.45, 2.75) is 26.4 Å². The highest BCUT2D eigenvalue weighted by molar-refractivity contribution is 6.42. The number of benzene rings is 1. The largest absolute Gasteiger partial charge is 0.390 e. The van der Waals surface area contributed by atoms with Crippen molar-refractivity contribution in [2.75, 3.05) is 5.32 Å². The minimum absolute atomic E-state index is 0.169. The second kappa shape index (κ2) is 8.40. The highest BCUT2D eigenvalue weighted by Gasteiger charge is 2.25. The number of aryl methyl sites for hydroxylation is 1. The van der Waals surface area contributed by atoms with Gasteiger partial charge in [0.15, 0.2) is 5.82 Å². The van der Waals surface area contributed by atoms with Crippen molar-refractivity contribution in [3.63, 3.8) is 0 Å². The van der Waals surface area contributed by atoms with Gasteiger partial charge in [0.2, 0.25) is 0 Å². The number of nitrogens with one attached hydrogen (secondary N) is 1. The number of carbonyl (C=O) groups is 1. The fourth-order valence-corrected chi connectivity index (χ4v) is 3.19. The molecule has 0 fully saturated rings. The molecule has 2 aromatic heterocycles. The third-order valence-electron chi connectivity index (χ3n) is 4.13. The van der Waals surface area contributed by atoms with Crippen molar-refractivity contribution in [1.29, 1.82) is 0 Å². The molecular weight excluding hydrogens is 443 g/mol. The van der Waals surface area contributed by atoms with Crippen LogP contribution in [0.15, 0.2) is 30.5 Å². The van der Waals surface area contributed by atoms with Crippen molar-refractivity contribution in [3.8, 4) is 0 Å². The molecule has 12 heteroatoms. The molecular formula is C17H15Cl3N6O3. The summed E-state index contributed by atoms with van der Waals surface area (Å²) in [7, 11) is 0. The van der Waals surface area contributed by atoms with Gasteiger partial charge in [0.25, 0.3) is 5.91 Å². The molecule has 1 amide bonds. The van der Waals surface area contributed by atoms with Crippen LogP contribution in [0.25, 0.3) is 0 Å². The van der Waals surface area contributed by atoms with Crippen LogP contribution in [0.2, 0.25) is 15.1 Å². The highest BCUT2D eigenvalue weighted by atomic mass is 35.5. The summed E-state index contributed by atoms with van der Waals surface area (Å²) in [5.41, 5.74) is 1.33. The lowest BCUT2D eigenvalue weighted by Crippen LogP contribution is -2.25. The molecule has 0 saturated carbocycles. The Labute approximate surface area is 180 Å². The number of nitrogens with zero attached hydrogens (tertiary/aromatic N) is 5. The first-order chi connectivity index (χ1) is 13.7. The van der Waals surface area contributed by atoms with Crippen LogP contribution in [0.4, 0.5) is 11.6 Å². The maximum Gasteiger partial charge on any atom is 0.390 e. The lowest BCUT2D eigenvalue weighted by Gasteiger charge is -2.10. The third-order valence-corrected chi connectivity index (χ3v) is 5.15. The van der Waals surface area contributed by atoms with Gasteiger partial charge in [-0.15, -0.1) is 0 Å². The number of halogens is 3. The zero-order valence-electron chi connectivity index (χ0n) is 15.3. The fraction of sp³-hybridized carbons (Fsp3) is 0.235. The minimum Gasteiger partial charge on any atom is -0.358 e. The Kier molecular flexibility index (Phi) is 6.11. The molecule has 1 atom stereocenters. The summed E-state index contributed by atoms with van der Waals surface area (Å²) in [4.78, 5) is 22.8. The summed E-state index contributed by atoms with van der Waals surface area (Å²) in [6.45, 7) is 3.56. The number of nitro groups is 1. The molecule has 0 aliphatic heterocycles. The van der Waals surface area contributed by atoms with E-state index < -0.39 is 16.9 Å². The maximum atomic E-state index is 12.6. The average molecular weight is 458 g/mol. The molecule has 0 saturated heterocycles. The molecule has 1 N–H and O–H groups in total. The Balaban J connectivity index is 1.73. The van der Waals surface area contributed by atoms with Gasteiger partial charge in [-0.05, 0) is 36.5 Å². The summed E-state index contributed by atoms with van der Waals surface area (Å²) in [6, 6.07) is 5.69.